The van der Waals surface area contributed by atoms with Gasteiger partial charge in [-0.05, 0) is 62.1 Å². The Morgan fingerprint density at radius 1 is 1.36 bits per heavy atom. The van der Waals surface area contributed by atoms with Gasteiger partial charge in [-0.2, -0.15) is 5.10 Å². The van der Waals surface area contributed by atoms with Gasteiger partial charge in [0.2, 0.25) is 0 Å². The highest BCUT2D eigenvalue weighted by atomic mass is 19.1. The fraction of sp³-hybridized carbons (Fsp3) is 0.458. The summed E-state index contributed by atoms with van der Waals surface area (Å²) in [6.07, 6.45) is 3.20. The Morgan fingerprint density at radius 3 is 2.76 bits per heavy atom. The van der Waals surface area contributed by atoms with Crippen molar-refractivity contribution in [2.75, 3.05) is 25.4 Å². The molecular formula is C24H28FN5O3. The Morgan fingerprint density at radius 2 is 2.12 bits per heavy atom. The number of nitrogen functional groups attached to an aromatic ring is 1. The maximum absolute atomic E-state index is 14.5. The van der Waals surface area contributed by atoms with E-state index in [2.05, 4.69) is 16.9 Å². The highest BCUT2D eigenvalue weighted by Crippen LogP contribution is 2.54. The molecule has 1 aliphatic carbocycles. The van der Waals surface area contributed by atoms with Crippen molar-refractivity contribution in [3.05, 3.63) is 29.6 Å². The van der Waals surface area contributed by atoms with E-state index in [9.17, 15) is 14.0 Å². The molecule has 1 spiro atoms. The molecule has 1 aromatic carbocycles. The van der Waals surface area contributed by atoms with Crippen LogP contribution in [0.3, 0.4) is 0 Å². The van der Waals surface area contributed by atoms with E-state index in [-0.39, 0.29) is 40.2 Å². The Bertz CT molecular complexity index is 1160. The number of rotatable bonds is 6. The van der Waals surface area contributed by atoms with Gasteiger partial charge in [-0.15, -0.1) is 0 Å². The van der Waals surface area contributed by atoms with Crippen LogP contribution in [-0.2, 0) is 4.79 Å². The van der Waals surface area contributed by atoms with Gasteiger partial charge in [0.1, 0.15) is 17.1 Å². The summed E-state index contributed by atoms with van der Waals surface area (Å²) >= 11 is 0. The first kappa shape index (κ1) is 22.6. The largest absolute Gasteiger partial charge is 0.491 e. The molecule has 0 unspecified atom stereocenters. The van der Waals surface area contributed by atoms with E-state index in [0.717, 1.165) is 25.7 Å². The molecule has 8 nitrogen and oxygen atoms in total. The van der Waals surface area contributed by atoms with Crippen molar-refractivity contribution in [3.8, 4) is 28.8 Å². The first-order valence-corrected chi connectivity index (χ1v) is 11.1. The fourth-order valence-electron chi connectivity index (χ4n) is 4.89. The molecule has 0 bridgehead atoms. The lowest BCUT2D eigenvalue weighted by atomic mass is 9.65. The van der Waals surface area contributed by atoms with Gasteiger partial charge in [-0.25, -0.2) is 9.07 Å². The number of nitrogens with two attached hydrogens (primary N) is 2. The van der Waals surface area contributed by atoms with E-state index in [1.54, 1.807) is 22.6 Å². The standard InChI is InChI=1S/C24H28FN5O3/c1-3-5-19(31)29-9-8-24(14-29)12-16(13-24)30-22(26)20(23(27)32)21(28-30)15-6-7-18(17(25)11-15)33-10-4-2/h6-7,11,16H,4,8-10,12-14,26H2,1-2H3,(H2,27,32). The molecule has 1 saturated carbocycles. The second-order valence-corrected chi connectivity index (χ2v) is 8.83. The van der Waals surface area contributed by atoms with Crippen molar-refractivity contribution in [1.82, 2.24) is 14.7 Å². The molecule has 2 aromatic rings. The third-order valence-corrected chi connectivity index (χ3v) is 6.50. The van der Waals surface area contributed by atoms with Crippen molar-refractivity contribution in [2.45, 2.75) is 45.6 Å². The number of hydrogen-bond acceptors (Lipinski definition) is 5. The minimum absolute atomic E-state index is 0.00552. The van der Waals surface area contributed by atoms with Crippen LogP contribution >= 0.6 is 0 Å². The lowest BCUT2D eigenvalue weighted by molar-refractivity contribution is -0.125. The second kappa shape index (κ2) is 8.77. The van der Waals surface area contributed by atoms with Gasteiger partial charge in [0.25, 0.3) is 11.8 Å². The molecular weight excluding hydrogens is 425 g/mol. The van der Waals surface area contributed by atoms with Gasteiger partial charge < -0.3 is 21.1 Å². The molecule has 2 amide bonds. The maximum Gasteiger partial charge on any atom is 0.298 e. The number of amides is 2. The predicted molar refractivity (Wildman–Crippen MR) is 122 cm³/mol. The van der Waals surface area contributed by atoms with Crippen LogP contribution in [0.25, 0.3) is 11.3 Å². The molecule has 1 aromatic heterocycles. The summed E-state index contributed by atoms with van der Waals surface area (Å²) in [7, 11) is 0. The number of carbonyl (C=O) groups is 2. The molecule has 174 valence electrons. The average molecular weight is 454 g/mol. The zero-order valence-corrected chi connectivity index (χ0v) is 18.9. The van der Waals surface area contributed by atoms with Crippen LogP contribution in [0.1, 0.15) is 55.9 Å². The first-order valence-electron chi connectivity index (χ1n) is 11.1. The van der Waals surface area contributed by atoms with Crippen LogP contribution in [-0.4, -0.2) is 46.2 Å². The van der Waals surface area contributed by atoms with E-state index in [1.165, 1.54) is 12.1 Å². The maximum atomic E-state index is 14.5. The fourth-order valence-corrected chi connectivity index (χ4v) is 4.89. The minimum atomic E-state index is -0.717. The molecule has 2 heterocycles. The number of aromatic nitrogens is 2. The lowest BCUT2D eigenvalue weighted by Crippen LogP contribution is -2.42. The van der Waals surface area contributed by atoms with Crippen molar-refractivity contribution < 1.29 is 18.7 Å². The normalized spacial score (nSPS) is 21.4. The number of nitrogens with zero attached hydrogens (tertiary/aromatic N) is 3. The highest BCUT2D eigenvalue weighted by Gasteiger charge is 2.51. The van der Waals surface area contributed by atoms with E-state index in [0.29, 0.717) is 25.3 Å². The number of ether oxygens (including phenoxy) is 1. The molecule has 2 aliphatic rings. The Labute approximate surface area is 192 Å². The van der Waals surface area contributed by atoms with Gasteiger partial charge in [0.15, 0.2) is 11.6 Å². The number of halogens is 1. The minimum Gasteiger partial charge on any atom is -0.491 e. The van der Waals surface area contributed by atoms with Crippen LogP contribution in [0.2, 0.25) is 0 Å². The second-order valence-electron chi connectivity index (χ2n) is 8.83. The van der Waals surface area contributed by atoms with Gasteiger partial charge in [0.05, 0.1) is 12.6 Å². The van der Waals surface area contributed by atoms with Gasteiger partial charge in [0, 0.05) is 18.7 Å². The highest BCUT2D eigenvalue weighted by molar-refractivity contribution is 6.03. The van der Waals surface area contributed by atoms with E-state index in [4.69, 9.17) is 16.2 Å². The summed E-state index contributed by atoms with van der Waals surface area (Å²) in [6, 6.07) is 4.41. The molecule has 9 heteroatoms. The average Bonchev–Trinajstić information content (AvgIpc) is 3.34. The zero-order chi connectivity index (χ0) is 23.8. The predicted octanol–water partition coefficient (Wildman–Crippen LogP) is 2.74. The Hall–Kier alpha value is -3.54. The van der Waals surface area contributed by atoms with Crippen LogP contribution < -0.4 is 16.2 Å². The van der Waals surface area contributed by atoms with Gasteiger partial charge in [-0.1, -0.05) is 12.8 Å². The molecule has 4 rings (SSSR count). The summed E-state index contributed by atoms with van der Waals surface area (Å²) in [5.74, 6) is 4.15. The number of benzene rings is 1. The van der Waals surface area contributed by atoms with Crippen molar-refractivity contribution in [1.29, 1.82) is 0 Å². The summed E-state index contributed by atoms with van der Waals surface area (Å²) in [5.41, 5.74) is 12.6. The monoisotopic (exact) mass is 453 g/mol. The first-order chi connectivity index (χ1) is 15.8. The van der Waals surface area contributed by atoms with Crippen molar-refractivity contribution in [2.24, 2.45) is 11.1 Å². The van der Waals surface area contributed by atoms with E-state index < -0.39 is 11.7 Å². The van der Waals surface area contributed by atoms with Gasteiger partial charge in [-0.3, -0.25) is 9.59 Å². The Kier molecular flexibility index (Phi) is 6.02. The van der Waals surface area contributed by atoms with Crippen molar-refractivity contribution >= 4 is 17.6 Å². The summed E-state index contributed by atoms with van der Waals surface area (Å²) in [6.45, 7) is 5.32. The van der Waals surface area contributed by atoms with Gasteiger partial charge >= 0.3 is 0 Å². The molecule has 1 aliphatic heterocycles. The van der Waals surface area contributed by atoms with E-state index >= 15 is 0 Å². The number of primary amides is 1. The van der Waals surface area contributed by atoms with Crippen LogP contribution in [0.5, 0.6) is 5.75 Å². The topological polar surface area (TPSA) is 116 Å². The molecule has 33 heavy (non-hydrogen) atoms. The third kappa shape index (κ3) is 4.13. The molecule has 0 radical (unpaired) electrons. The zero-order valence-electron chi connectivity index (χ0n) is 18.9. The third-order valence-electron chi connectivity index (χ3n) is 6.50. The lowest BCUT2D eigenvalue weighted by Gasteiger charge is -2.45. The molecule has 2 fully saturated rings. The molecule has 1 saturated heterocycles. The number of carbonyl (C=O) groups excluding carboxylic acids is 2. The quantitative estimate of drug-likeness (QED) is 0.653. The van der Waals surface area contributed by atoms with Crippen LogP contribution in [0.15, 0.2) is 18.2 Å². The number of anilines is 1. The number of likely N-dealkylation sites (tertiary alicyclic amines) is 1. The Balaban J connectivity index is 1.57. The summed E-state index contributed by atoms with van der Waals surface area (Å²) < 4.78 is 21.6. The van der Waals surface area contributed by atoms with Crippen molar-refractivity contribution in [3.63, 3.8) is 0 Å². The number of hydrogen-bond donors (Lipinski definition) is 2. The smallest absolute Gasteiger partial charge is 0.298 e. The van der Waals surface area contributed by atoms with Crippen LogP contribution in [0, 0.1) is 23.1 Å². The SMILES string of the molecule is CC#CC(=O)N1CCC2(CC(n3nc(-c4ccc(OCCC)c(F)c4)c(C(N)=O)c3N)C2)C1. The van der Waals surface area contributed by atoms with E-state index in [1.807, 2.05) is 6.92 Å². The molecule has 4 N–H and O–H groups in total. The summed E-state index contributed by atoms with van der Waals surface area (Å²) in [5, 5.41) is 4.57. The summed E-state index contributed by atoms with van der Waals surface area (Å²) in [4.78, 5) is 26.1. The molecule has 0 atom stereocenters. The van der Waals surface area contributed by atoms with Crippen LogP contribution in [0.4, 0.5) is 10.2 Å².